The Morgan fingerprint density at radius 2 is 2.20 bits per heavy atom. The Bertz CT molecular complexity index is 261. The van der Waals surface area contributed by atoms with Gasteiger partial charge in [-0.15, -0.1) is 0 Å². The molecule has 0 amide bonds. The predicted octanol–water partition coefficient (Wildman–Crippen LogP) is 2.01. The van der Waals surface area contributed by atoms with E-state index in [-0.39, 0.29) is 18.8 Å². The predicted molar refractivity (Wildman–Crippen MR) is 52.4 cm³/mol. The summed E-state index contributed by atoms with van der Waals surface area (Å²) in [6.07, 6.45) is 2.03. The van der Waals surface area contributed by atoms with Crippen molar-refractivity contribution in [3.63, 3.8) is 0 Å². The van der Waals surface area contributed by atoms with Gasteiger partial charge >= 0.3 is 5.97 Å². The molecule has 2 rings (SSSR count). The van der Waals surface area contributed by atoms with Gasteiger partial charge in [-0.25, -0.2) is 4.39 Å². The molecule has 0 aromatic heterocycles. The molecule has 1 saturated carbocycles. The Morgan fingerprint density at radius 3 is 2.60 bits per heavy atom. The van der Waals surface area contributed by atoms with Gasteiger partial charge in [0.25, 0.3) is 0 Å². The minimum absolute atomic E-state index is 0.00688. The summed E-state index contributed by atoms with van der Waals surface area (Å²) in [5.41, 5.74) is -2.15. The number of alkyl halides is 1. The van der Waals surface area contributed by atoms with Gasteiger partial charge in [0.15, 0.2) is 0 Å². The van der Waals surface area contributed by atoms with Crippen molar-refractivity contribution >= 4 is 5.97 Å². The van der Waals surface area contributed by atoms with Crippen LogP contribution in [0.25, 0.3) is 0 Å². The van der Waals surface area contributed by atoms with Crippen LogP contribution in [0.4, 0.5) is 4.39 Å². The molecule has 86 valence electrons. The average Bonchev–Trinajstić information content (AvgIpc) is 2.14. The van der Waals surface area contributed by atoms with Crippen molar-refractivity contribution in [1.82, 2.24) is 0 Å². The van der Waals surface area contributed by atoms with Crippen LogP contribution in [0.5, 0.6) is 0 Å². The Kier molecular flexibility index (Phi) is 2.49. The lowest BCUT2D eigenvalue weighted by Crippen LogP contribution is -2.57. The second kappa shape index (κ2) is 3.44. The van der Waals surface area contributed by atoms with Crippen LogP contribution in [0.3, 0.4) is 0 Å². The quantitative estimate of drug-likeness (QED) is 0.768. The number of carboxylic acid groups (broad SMARTS) is 1. The first-order valence-electron chi connectivity index (χ1n) is 5.46. The van der Waals surface area contributed by atoms with Gasteiger partial charge in [0.1, 0.15) is 5.67 Å². The van der Waals surface area contributed by atoms with Gasteiger partial charge in [0, 0.05) is 6.61 Å². The second-order valence-corrected chi connectivity index (χ2v) is 5.14. The molecule has 1 N–H and O–H groups in total. The molecule has 2 aliphatic rings. The van der Waals surface area contributed by atoms with E-state index in [4.69, 9.17) is 4.74 Å². The highest BCUT2D eigenvalue weighted by atomic mass is 19.1. The van der Waals surface area contributed by atoms with Gasteiger partial charge in [0.05, 0.1) is 12.0 Å². The Hall–Kier alpha value is -0.640. The van der Waals surface area contributed by atoms with Gasteiger partial charge < -0.3 is 9.84 Å². The Morgan fingerprint density at radius 1 is 1.53 bits per heavy atom. The topological polar surface area (TPSA) is 46.5 Å². The molecule has 0 bridgehead atoms. The van der Waals surface area contributed by atoms with Gasteiger partial charge in [-0.1, -0.05) is 0 Å². The third kappa shape index (κ3) is 1.75. The third-order valence-corrected chi connectivity index (χ3v) is 3.74. The Labute approximate surface area is 88.6 Å². The van der Waals surface area contributed by atoms with E-state index in [1.54, 1.807) is 0 Å². The van der Waals surface area contributed by atoms with E-state index in [0.717, 1.165) is 12.8 Å². The molecular formula is C11H17FO3. The number of carbonyl (C=O) groups is 1. The zero-order chi connectivity index (χ0) is 11.1. The first kappa shape index (κ1) is 10.9. The van der Waals surface area contributed by atoms with Crippen LogP contribution in [-0.4, -0.2) is 30.0 Å². The van der Waals surface area contributed by atoms with Crippen molar-refractivity contribution in [1.29, 1.82) is 0 Å². The first-order valence-corrected chi connectivity index (χ1v) is 5.46. The molecular weight excluding hydrogens is 199 g/mol. The van der Waals surface area contributed by atoms with Gasteiger partial charge in [0.2, 0.25) is 0 Å². The summed E-state index contributed by atoms with van der Waals surface area (Å²) >= 11 is 0. The summed E-state index contributed by atoms with van der Waals surface area (Å²) < 4.78 is 18.8. The van der Waals surface area contributed by atoms with Crippen molar-refractivity contribution < 1.29 is 19.0 Å². The van der Waals surface area contributed by atoms with Gasteiger partial charge in [-0.3, -0.25) is 4.79 Å². The van der Waals surface area contributed by atoms with Crippen LogP contribution < -0.4 is 0 Å². The second-order valence-electron chi connectivity index (χ2n) is 5.14. The van der Waals surface area contributed by atoms with Crippen molar-refractivity contribution in [2.24, 2.45) is 11.3 Å². The highest BCUT2D eigenvalue weighted by molar-refractivity contribution is 5.77. The minimum Gasteiger partial charge on any atom is -0.481 e. The summed E-state index contributed by atoms with van der Waals surface area (Å²) in [6.45, 7) is 2.67. The van der Waals surface area contributed by atoms with E-state index >= 15 is 0 Å². The summed E-state index contributed by atoms with van der Waals surface area (Å²) in [5.74, 6) is -0.860. The lowest BCUT2D eigenvalue weighted by Gasteiger charge is -2.52. The van der Waals surface area contributed by atoms with Crippen molar-refractivity contribution in [2.75, 3.05) is 13.2 Å². The summed E-state index contributed by atoms with van der Waals surface area (Å²) in [5, 5.41) is 9.25. The molecule has 1 atom stereocenters. The van der Waals surface area contributed by atoms with Gasteiger partial charge in [-0.05, 0) is 38.5 Å². The molecule has 4 heteroatoms. The molecule has 1 aliphatic carbocycles. The van der Waals surface area contributed by atoms with E-state index in [2.05, 4.69) is 0 Å². The fourth-order valence-corrected chi connectivity index (χ4v) is 3.05. The molecule has 1 saturated heterocycles. The molecule has 0 aromatic rings. The average molecular weight is 216 g/mol. The van der Waals surface area contributed by atoms with Gasteiger partial charge in [-0.2, -0.15) is 0 Å². The van der Waals surface area contributed by atoms with Crippen molar-refractivity contribution in [2.45, 2.75) is 38.3 Å². The number of aliphatic carboxylic acids is 1. The largest absolute Gasteiger partial charge is 0.481 e. The molecule has 15 heavy (non-hydrogen) atoms. The molecule has 1 aliphatic heterocycles. The zero-order valence-electron chi connectivity index (χ0n) is 8.96. The molecule has 0 spiro atoms. The SMILES string of the molecule is CC1(F)CC(C(=O)O)(C2CCCOC2)C1. The van der Waals surface area contributed by atoms with E-state index < -0.39 is 17.1 Å². The van der Waals surface area contributed by atoms with E-state index in [1.165, 1.54) is 6.92 Å². The van der Waals surface area contributed by atoms with E-state index in [0.29, 0.717) is 13.2 Å². The number of rotatable bonds is 2. The molecule has 0 radical (unpaired) electrons. The lowest BCUT2D eigenvalue weighted by atomic mass is 9.54. The van der Waals surface area contributed by atoms with E-state index in [1.807, 2.05) is 0 Å². The van der Waals surface area contributed by atoms with Crippen molar-refractivity contribution in [3.05, 3.63) is 0 Å². The van der Waals surface area contributed by atoms with Crippen LogP contribution in [-0.2, 0) is 9.53 Å². The van der Waals surface area contributed by atoms with Crippen LogP contribution >= 0.6 is 0 Å². The van der Waals surface area contributed by atoms with Crippen LogP contribution in [0.15, 0.2) is 0 Å². The number of hydrogen-bond acceptors (Lipinski definition) is 2. The minimum atomic E-state index is -1.30. The molecule has 1 heterocycles. The zero-order valence-corrected chi connectivity index (χ0v) is 8.96. The van der Waals surface area contributed by atoms with Crippen molar-refractivity contribution in [3.8, 4) is 0 Å². The summed E-state index contributed by atoms with van der Waals surface area (Å²) in [6, 6.07) is 0. The van der Waals surface area contributed by atoms with Crippen LogP contribution in [0.2, 0.25) is 0 Å². The number of hydrogen-bond donors (Lipinski definition) is 1. The molecule has 1 unspecified atom stereocenters. The highest BCUT2D eigenvalue weighted by Gasteiger charge is 2.61. The highest BCUT2D eigenvalue weighted by Crippen LogP contribution is 2.56. The number of ether oxygens (including phenoxy) is 1. The van der Waals surface area contributed by atoms with Crippen LogP contribution in [0.1, 0.15) is 32.6 Å². The fourth-order valence-electron chi connectivity index (χ4n) is 3.05. The molecule has 2 fully saturated rings. The summed E-state index contributed by atoms with van der Waals surface area (Å²) in [7, 11) is 0. The number of carboxylic acids is 1. The normalized spacial score (nSPS) is 45.9. The maximum atomic E-state index is 13.5. The number of halogens is 1. The maximum absolute atomic E-state index is 13.5. The smallest absolute Gasteiger partial charge is 0.310 e. The first-order chi connectivity index (χ1) is 6.96. The molecule has 0 aromatic carbocycles. The Balaban J connectivity index is 2.10. The van der Waals surface area contributed by atoms with Crippen LogP contribution in [0, 0.1) is 11.3 Å². The molecule has 3 nitrogen and oxygen atoms in total. The standard InChI is InChI=1S/C11H17FO3/c1-10(12)6-11(7-10,9(13)14)8-3-2-4-15-5-8/h8H,2-7H2,1H3,(H,13,14). The summed E-state index contributed by atoms with van der Waals surface area (Å²) in [4.78, 5) is 11.3. The third-order valence-electron chi connectivity index (χ3n) is 3.74. The lowest BCUT2D eigenvalue weighted by molar-refractivity contribution is -0.183. The van der Waals surface area contributed by atoms with E-state index in [9.17, 15) is 14.3 Å². The monoisotopic (exact) mass is 216 g/mol. The maximum Gasteiger partial charge on any atom is 0.310 e. The fraction of sp³-hybridized carbons (Fsp3) is 0.909.